The van der Waals surface area contributed by atoms with Crippen LogP contribution in [0.15, 0.2) is 53.7 Å². The second-order valence-corrected chi connectivity index (χ2v) is 9.13. The van der Waals surface area contributed by atoms with Gasteiger partial charge in [0.2, 0.25) is 11.1 Å². The van der Waals surface area contributed by atoms with Gasteiger partial charge in [-0.3, -0.25) is 9.69 Å². The van der Waals surface area contributed by atoms with Crippen LogP contribution in [-0.2, 0) is 4.79 Å². The number of hydrogen-bond donors (Lipinski definition) is 1. The molecule has 0 radical (unpaired) electrons. The Hall–Kier alpha value is -2.91. The van der Waals surface area contributed by atoms with E-state index in [4.69, 9.17) is 4.74 Å². The van der Waals surface area contributed by atoms with Crippen molar-refractivity contribution in [2.45, 2.75) is 37.4 Å². The van der Waals surface area contributed by atoms with E-state index < -0.39 is 0 Å². The highest BCUT2D eigenvalue weighted by Crippen LogP contribution is 2.26. The van der Waals surface area contributed by atoms with E-state index in [-0.39, 0.29) is 17.7 Å². The minimum atomic E-state index is -0.0334. The van der Waals surface area contributed by atoms with Gasteiger partial charge < -0.3 is 10.1 Å². The number of rotatable bonds is 9. The molecule has 174 valence electrons. The summed E-state index contributed by atoms with van der Waals surface area (Å²) in [7, 11) is 1.67. The van der Waals surface area contributed by atoms with E-state index in [1.807, 2.05) is 43.3 Å². The summed E-state index contributed by atoms with van der Waals surface area (Å²) in [6, 6.07) is 16.2. The summed E-state index contributed by atoms with van der Waals surface area (Å²) in [5.41, 5.74) is 3.23. The fourth-order valence-corrected chi connectivity index (χ4v) is 4.74. The van der Waals surface area contributed by atoms with E-state index >= 15 is 0 Å². The Morgan fingerprint density at radius 3 is 2.52 bits per heavy atom. The molecule has 1 amide bonds. The minimum absolute atomic E-state index is 0.0334. The van der Waals surface area contributed by atoms with Gasteiger partial charge in [0.05, 0.1) is 24.6 Å². The number of ether oxygens (including phenoxy) is 1. The Bertz CT molecular complexity index is 1030. The standard InChI is InChI=1S/C24H30N6O2S/c1-18-6-10-20(11-7-18)30-24(26-27-28-30)33-17-23(31)25-16-22(29-14-4-3-5-15-29)19-8-12-21(32-2)13-9-19/h6-13,22H,3-5,14-17H2,1-2H3,(H,25,31)/t22-/m1/s1. The van der Waals surface area contributed by atoms with Crippen LogP contribution in [0.25, 0.3) is 5.69 Å². The fraction of sp³-hybridized carbons (Fsp3) is 0.417. The van der Waals surface area contributed by atoms with Crippen molar-refractivity contribution in [2.24, 2.45) is 0 Å². The van der Waals surface area contributed by atoms with Crippen molar-refractivity contribution in [3.63, 3.8) is 0 Å². The van der Waals surface area contributed by atoms with Crippen molar-refractivity contribution in [3.05, 3.63) is 59.7 Å². The molecule has 4 rings (SSSR count). The van der Waals surface area contributed by atoms with Crippen LogP contribution in [0.4, 0.5) is 0 Å². The lowest BCUT2D eigenvalue weighted by Crippen LogP contribution is -2.41. The lowest BCUT2D eigenvalue weighted by molar-refractivity contribution is -0.118. The van der Waals surface area contributed by atoms with E-state index in [1.165, 1.54) is 42.2 Å². The number of aryl methyl sites for hydroxylation is 1. The molecule has 33 heavy (non-hydrogen) atoms. The molecular weight excluding hydrogens is 436 g/mol. The molecule has 1 aliphatic heterocycles. The maximum atomic E-state index is 12.7. The second kappa shape index (κ2) is 11.3. The average molecular weight is 467 g/mol. The first-order valence-corrected chi connectivity index (χ1v) is 12.3. The van der Waals surface area contributed by atoms with Crippen molar-refractivity contribution in [2.75, 3.05) is 32.5 Å². The molecule has 2 aromatic carbocycles. The Labute approximate surface area is 198 Å². The summed E-state index contributed by atoms with van der Waals surface area (Å²) in [4.78, 5) is 15.2. The van der Waals surface area contributed by atoms with Gasteiger partial charge >= 0.3 is 0 Å². The van der Waals surface area contributed by atoms with Crippen LogP contribution in [0.2, 0.25) is 0 Å². The summed E-state index contributed by atoms with van der Waals surface area (Å²) in [6.45, 7) is 4.69. The summed E-state index contributed by atoms with van der Waals surface area (Å²) in [5, 5.41) is 15.7. The highest BCUT2D eigenvalue weighted by atomic mass is 32.2. The van der Waals surface area contributed by atoms with Crippen molar-refractivity contribution < 1.29 is 9.53 Å². The lowest BCUT2D eigenvalue weighted by atomic mass is 10.0. The van der Waals surface area contributed by atoms with Gasteiger partial charge in [0, 0.05) is 6.54 Å². The van der Waals surface area contributed by atoms with Crippen molar-refractivity contribution in [1.29, 1.82) is 0 Å². The Morgan fingerprint density at radius 1 is 1.09 bits per heavy atom. The molecule has 1 aromatic heterocycles. The quantitative estimate of drug-likeness (QED) is 0.484. The zero-order valence-electron chi connectivity index (χ0n) is 19.1. The number of carbonyl (C=O) groups excluding carboxylic acids is 1. The Morgan fingerprint density at radius 2 is 1.82 bits per heavy atom. The molecule has 1 atom stereocenters. The van der Waals surface area contributed by atoms with Crippen LogP contribution in [0.5, 0.6) is 5.75 Å². The van der Waals surface area contributed by atoms with Crippen LogP contribution in [0.1, 0.15) is 36.4 Å². The van der Waals surface area contributed by atoms with Gasteiger partial charge in [-0.15, -0.1) is 5.10 Å². The molecule has 2 heterocycles. The van der Waals surface area contributed by atoms with Crippen molar-refractivity contribution >= 4 is 17.7 Å². The monoisotopic (exact) mass is 466 g/mol. The molecule has 0 spiro atoms. The van der Waals surface area contributed by atoms with E-state index in [0.717, 1.165) is 24.5 Å². The number of aromatic nitrogens is 4. The maximum Gasteiger partial charge on any atom is 0.230 e. The normalized spacial score (nSPS) is 15.2. The predicted octanol–water partition coefficient (Wildman–Crippen LogP) is 3.41. The van der Waals surface area contributed by atoms with Crippen LogP contribution >= 0.6 is 11.8 Å². The van der Waals surface area contributed by atoms with E-state index in [2.05, 4.69) is 37.9 Å². The number of thioether (sulfide) groups is 1. The molecule has 3 aromatic rings. The van der Waals surface area contributed by atoms with Crippen LogP contribution in [0.3, 0.4) is 0 Å². The number of nitrogens with one attached hydrogen (secondary N) is 1. The summed E-state index contributed by atoms with van der Waals surface area (Å²) < 4.78 is 6.96. The zero-order chi connectivity index (χ0) is 23.0. The summed E-state index contributed by atoms with van der Waals surface area (Å²) in [5.74, 6) is 1.05. The van der Waals surface area contributed by atoms with Gasteiger partial charge in [-0.25, -0.2) is 0 Å². The third kappa shape index (κ3) is 6.11. The number of tetrazole rings is 1. The van der Waals surface area contributed by atoms with E-state index in [0.29, 0.717) is 11.7 Å². The smallest absolute Gasteiger partial charge is 0.230 e. The lowest BCUT2D eigenvalue weighted by Gasteiger charge is -2.35. The van der Waals surface area contributed by atoms with Gasteiger partial charge in [0.25, 0.3) is 0 Å². The summed E-state index contributed by atoms with van der Waals surface area (Å²) in [6.07, 6.45) is 3.65. The van der Waals surface area contributed by atoms with Gasteiger partial charge in [0.1, 0.15) is 5.75 Å². The third-order valence-electron chi connectivity index (χ3n) is 5.88. The number of likely N-dealkylation sites (tertiary alicyclic amines) is 1. The molecule has 1 saturated heterocycles. The molecule has 9 heteroatoms. The Kier molecular flexibility index (Phi) is 7.96. The first kappa shape index (κ1) is 23.3. The number of amides is 1. The highest BCUT2D eigenvalue weighted by Gasteiger charge is 2.23. The van der Waals surface area contributed by atoms with Crippen LogP contribution in [-0.4, -0.2) is 63.5 Å². The van der Waals surface area contributed by atoms with Gasteiger partial charge in [-0.2, -0.15) is 4.68 Å². The molecule has 1 aliphatic rings. The first-order chi connectivity index (χ1) is 16.1. The molecule has 0 unspecified atom stereocenters. The van der Waals surface area contributed by atoms with Crippen LogP contribution < -0.4 is 10.1 Å². The van der Waals surface area contributed by atoms with Gasteiger partial charge in [0.15, 0.2) is 0 Å². The van der Waals surface area contributed by atoms with E-state index in [1.54, 1.807) is 11.8 Å². The summed E-state index contributed by atoms with van der Waals surface area (Å²) >= 11 is 1.33. The van der Waals surface area contributed by atoms with E-state index in [9.17, 15) is 4.79 Å². The molecular formula is C24H30N6O2S. The third-order valence-corrected chi connectivity index (χ3v) is 6.80. The number of nitrogens with zero attached hydrogens (tertiary/aromatic N) is 5. The molecule has 1 N–H and O–H groups in total. The SMILES string of the molecule is COc1ccc([C@@H](CNC(=O)CSc2nnnn2-c2ccc(C)cc2)N2CCCCC2)cc1. The topological polar surface area (TPSA) is 85.2 Å². The molecule has 0 bridgehead atoms. The molecule has 0 saturated carbocycles. The van der Waals surface area contributed by atoms with Gasteiger partial charge in [-0.05, 0) is 73.1 Å². The first-order valence-electron chi connectivity index (χ1n) is 11.3. The average Bonchev–Trinajstić information content (AvgIpc) is 3.33. The fourth-order valence-electron chi connectivity index (χ4n) is 4.02. The molecule has 0 aliphatic carbocycles. The highest BCUT2D eigenvalue weighted by molar-refractivity contribution is 7.99. The molecule has 8 nitrogen and oxygen atoms in total. The largest absolute Gasteiger partial charge is 0.497 e. The second-order valence-electron chi connectivity index (χ2n) is 8.19. The predicted molar refractivity (Wildman–Crippen MR) is 129 cm³/mol. The zero-order valence-corrected chi connectivity index (χ0v) is 19.9. The van der Waals surface area contributed by atoms with Crippen molar-refractivity contribution in [3.8, 4) is 11.4 Å². The number of carbonyl (C=O) groups is 1. The number of methoxy groups -OCH3 is 1. The number of piperidine rings is 1. The van der Waals surface area contributed by atoms with Crippen LogP contribution in [0, 0.1) is 6.92 Å². The number of hydrogen-bond acceptors (Lipinski definition) is 7. The minimum Gasteiger partial charge on any atom is -0.497 e. The number of benzene rings is 2. The van der Waals surface area contributed by atoms with Gasteiger partial charge in [-0.1, -0.05) is 48.0 Å². The molecule has 1 fully saturated rings. The maximum absolute atomic E-state index is 12.7. The van der Waals surface area contributed by atoms with Crippen molar-refractivity contribution in [1.82, 2.24) is 30.4 Å². The Balaban J connectivity index is 1.37.